The number of nitrogens with zero attached hydrogens (tertiary/aromatic N) is 3. The van der Waals surface area contributed by atoms with Gasteiger partial charge in [-0.05, 0) is 48.2 Å². The molecule has 0 saturated carbocycles. The van der Waals surface area contributed by atoms with Gasteiger partial charge in [-0.15, -0.1) is 10.2 Å². The topological polar surface area (TPSA) is 42.2 Å². The maximum absolute atomic E-state index is 4.27. The Morgan fingerprint density at radius 3 is 3.14 bits per heavy atom. The Hall–Kier alpha value is -1.72. The minimum absolute atomic E-state index is 0.407. The number of pyridine rings is 1. The number of nitrogens with one attached hydrogen (secondary N) is 1. The molecule has 5 heteroatoms. The SMILES string of the molecule is Brc1ccc2c(c1)CCC2NCc1nnc2ccccn12. The molecule has 0 fully saturated rings. The monoisotopic (exact) mass is 342 g/mol. The van der Waals surface area contributed by atoms with Gasteiger partial charge in [-0.25, -0.2) is 0 Å². The summed E-state index contributed by atoms with van der Waals surface area (Å²) < 4.78 is 3.19. The van der Waals surface area contributed by atoms with Crippen LogP contribution in [0.5, 0.6) is 0 Å². The Kier molecular flexibility index (Phi) is 3.24. The third-order valence-electron chi connectivity index (χ3n) is 4.07. The molecule has 21 heavy (non-hydrogen) atoms. The number of aryl methyl sites for hydroxylation is 1. The Morgan fingerprint density at radius 2 is 2.19 bits per heavy atom. The summed E-state index contributed by atoms with van der Waals surface area (Å²) in [5.74, 6) is 0.955. The predicted molar refractivity (Wildman–Crippen MR) is 85.0 cm³/mol. The first-order chi connectivity index (χ1) is 10.3. The van der Waals surface area contributed by atoms with Crippen molar-refractivity contribution < 1.29 is 0 Å². The van der Waals surface area contributed by atoms with Crippen LogP contribution in [-0.4, -0.2) is 14.6 Å². The van der Waals surface area contributed by atoms with E-state index in [-0.39, 0.29) is 0 Å². The van der Waals surface area contributed by atoms with Crippen LogP contribution in [0.15, 0.2) is 47.1 Å². The zero-order chi connectivity index (χ0) is 14.2. The number of hydrogen-bond acceptors (Lipinski definition) is 3. The van der Waals surface area contributed by atoms with Crippen molar-refractivity contribution in [2.45, 2.75) is 25.4 Å². The van der Waals surface area contributed by atoms with E-state index in [0.29, 0.717) is 6.04 Å². The third kappa shape index (κ3) is 2.36. The highest BCUT2D eigenvalue weighted by Crippen LogP contribution is 2.33. The van der Waals surface area contributed by atoms with Crippen LogP contribution < -0.4 is 5.32 Å². The highest BCUT2D eigenvalue weighted by Gasteiger charge is 2.22. The average Bonchev–Trinajstić information content (AvgIpc) is 3.08. The fourth-order valence-corrected chi connectivity index (χ4v) is 3.43. The number of rotatable bonds is 3. The minimum Gasteiger partial charge on any atom is -0.303 e. The van der Waals surface area contributed by atoms with Crippen molar-refractivity contribution in [1.82, 2.24) is 19.9 Å². The largest absolute Gasteiger partial charge is 0.303 e. The molecule has 2 heterocycles. The number of fused-ring (bicyclic) bond motifs is 2. The van der Waals surface area contributed by atoms with E-state index in [1.165, 1.54) is 11.1 Å². The summed E-state index contributed by atoms with van der Waals surface area (Å²) >= 11 is 3.54. The van der Waals surface area contributed by atoms with E-state index in [2.05, 4.69) is 49.6 Å². The molecule has 1 atom stereocenters. The summed E-state index contributed by atoms with van der Waals surface area (Å²) in [6.45, 7) is 0.728. The molecule has 4 nitrogen and oxygen atoms in total. The first-order valence-electron chi connectivity index (χ1n) is 7.11. The van der Waals surface area contributed by atoms with Crippen molar-refractivity contribution in [1.29, 1.82) is 0 Å². The normalized spacial score (nSPS) is 17.3. The van der Waals surface area contributed by atoms with Crippen LogP contribution in [0.4, 0.5) is 0 Å². The molecule has 0 amide bonds. The van der Waals surface area contributed by atoms with Crippen LogP contribution in [0.25, 0.3) is 5.65 Å². The van der Waals surface area contributed by atoms with Gasteiger partial charge in [0.05, 0.1) is 6.54 Å². The highest BCUT2D eigenvalue weighted by atomic mass is 79.9. The molecule has 0 bridgehead atoms. The zero-order valence-corrected chi connectivity index (χ0v) is 13.0. The van der Waals surface area contributed by atoms with Gasteiger partial charge in [-0.1, -0.05) is 28.1 Å². The summed E-state index contributed by atoms with van der Waals surface area (Å²) in [7, 11) is 0. The van der Waals surface area contributed by atoms with Crippen molar-refractivity contribution in [3.8, 4) is 0 Å². The van der Waals surface area contributed by atoms with Gasteiger partial charge in [0, 0.05) is 16.7 Å². The average molecular weight is 343 g/mol. The molecule has 4 rings (SSSR count). The molecule has 1 aromatic carbocycles. The molecule has 1 unspecified atom stereocenters. The summed E-state index contributed by atoms with van der Waals surface area (Å²) in [5.41, 5.74) is 3.74. The summed E-state index contributed by atoms with van der Waals surface area (Å²) in [5, 5.41) is 12.1. The number of hydrogen-bond donors (Lipinski definition) is 1. The second-order valence-corrected chi connectivity index (χ2v) is 6.28. The first kappa shape index (κ1) is 13.0. The van der Waals surface area contributed by atoms with Crippen molar-refractivity contribution in [3.63, 3.8) is 0 Å². The highest BCUT2D eigenvalue weighted by molar-refractivity contribution is 9.10. The van der Waals surface area contributed by atoms with Crippen LogP contribution >= 0.6 is 15.9 Å². The predicted octanol–water partition coefficient (Wildman–Crippen LogP) is 3.27. The van der Waals surface area contributed by atoms with Gasteiger partial charge in [0.25, 0.3) is 0 Å². The molecule has 2 aromatic heterocycles. The quantitative estimate of drug-likeness (QED) is 0.794. The van der Waals surface area contributed by atoms with Crippen LogP contribution in [0.2, 0.25) is 0 Å². The first-order valence-corrected chi connectivity index (χ1v) is 7.91. The van der Waals surface area contributed by atoms with Crippen molar-refractivity contribution in [3.05, 3.63) is 64.0 Å². The number of aromatic nitrogens is 3. The lowest BCUT2D eigenvalue weighted by Gasteiger charge is -2.13. The lowest BCUT2D eigenvalue weighted by atomic mass is 10.1. The molecule has 0 aliphatic heterocycles. The second-order valence-electron chi connectivity index (χ2n) is 5.36. The summed E-state index contributed by atoms with van der Waals surface area (Å²) in [6, 6.07) is 12.9. The molecule has 0 spiro atoms. The molecule has 1 aliphatic carbocycles. The molecular formula is C16H15BrN4. The molecular weight excluding hydrogens is 328 g/mol. The fraction of sp³-hybridized carbons (Fsp3) is 0.250. The second kappa shape index (κ2) is 5.24. The van der Waals surface area contributed by atoms with Gasteiger partial charge in [0.1, 0.15) is 0 Å². The maximum Gasteiger partial charge on any atom is 0.160 e. The number of halogens is 1. The van der Waals surface area contributed by atoms with Gasteiger partial charge in [0.15, 0.2) is 11.5 Å². The molecule has 3 aromatic rings. The van der Waals surface area contributed by atoms with Crippen LogP contribution in [-0.2, 0) is 13.0 Å². The maximum atomic E-state index is 4.27. The number of benzene rings is 1. The molecule has 0 radical (unpaired) electrons. The molecule has 1 N–H and O–H groups in total. The van der Waals surface area contributed by atoms with Gasteiger partial charge >= 0.3 is 0 Å². The lowest BCUT2D eigenvalue weighted by Crippen LogP contribution is -2.20. The van der Waals surface area contributed by atoms with Gasteiger partial charge < -0.3 is 5.32 Å². The minimum atomic E-state index is 0.407. The Balaban J connectivity index is 1.54. The standard InChI is InChI=1S/C16H15BrN4/c17-12-5-6-13-11(9-12)4-7-14(13)18-10-16-20-19-15-3-1-2-8-21(15)16/h1-3,5-6,8-9,14,18H,4,7,10H2. The van der Waals surface area contributed by atoms with E-state index >= 15 is 0 Å². The fourth-order valence-electron chi connectivity index (χ4n) is 3.02. The summed E-state index contributed by atoms with van der Waals surface area (Å²) in [4.78, 5) is 0. The molecule has 1 aliphatic rings. The van der Waals surface area contributed by atoms with E-state index < -0.39 is 0 Å². The van der Waals surface area contributed by atoms with E-state index in [1.54, 1.807) is 0 Å². The Labute approximate surface area is 131 Å². The van der Waals surface area contributed by atoms with E-state index in [1.807, 2.05) is 28.8 Å². The van der Waals surface area contributed by atoms with Crippen LogP contribution in [0.1, 0.15) is 29.4 Å². The van der Waals surface area contributed by atoms with Gasteiger partial charge in [-0.3, -0.25) is 4.40 Å². The third-order valence-corrected chi connectivity index (χ3v) is 4.57. The molecule has 0 saturated heterocycles. The Bertz CT molecular complexity index is 796. The van der Waals surface area contributed by atoms with Crippen molar-refractivity contribution in [2.75, 3.05) is 0 Å². The zero-order valence-electron chi connectivity index (χ0n) is 11.5. The van der Waals surface area contributed by atoms with E-state index in [4.69, 9.17) is 0 Å². The smallest absolute Gasteiger partial charge is 0.160 e. The van der Waals surface area contributed by atoms with Crippen molar-refractivity contribution in [2.24, 2.45) is 0 Å². The van der Waals surface area contributed by atoms with Crippen LogP contribution in [0.3, 0.4) is 0 Å². The van der Waals surface area contributed by atoms with Gasteiger partial charge in [-0.2, -0.15) is 0 Å². The van der Waals surface area contributed by atoms with Crippen molar-refractivity contribution >= 4 is 21.6 Å². The van der Waals surface area contributed by atoms with Crippen LogP contribution in [0, 0.1) is 0 Å². The Morgan fingerprint density at radius 1 is 1.24 bits per heavy atom. The molecule has 106 valence electrons. The van der Waals surface area contributed by atoms with E-state index in [0.717, 1.165) is 35.3 Å². The van der Waals surface area contributed by atoms with Gasteiger partial charge in [0.2, 0.25) is 0 Å². The summed E-state index contributed by atoms with van der Waals surface area (Å²) in [6.07, 6.45) is 4.28. The van der Waals surface area contributed by atoms with E-state index in [9.17, 15) is 0 Å². The lowest BCUT2D eigenvalue weighted by molar-refractivity contribution is 0.517.